The predicted molar refractivity (Wildman–Crippen MR) is 81.0 cm³/mol. The van der Waals surface area contributed by atoms with Crippen LogP contribution in [0.3, 0.4) is 0 Å². The lowest BCUT2D eigenvalue weighted by Gasteiger charge is -2.17. The van der Waals surface area contributed by atoms with Gasteiger partial charge < -0.3 is 4.74 Å². The molecule has 6 nitrogen and oxygen atoms in total. The van der Waals surface area contributed by atoms with Gasteiger partial charge in [-0.15, -0.1) is 5.10 Å². The molecule has 1 unspecified atom stereocenters. The molecule has 0 N–H and O–H groups in total. The zero-order valence-electron chi connectivity index (χ0n) is 12.5. The number of sulfonamides is 1. The van der Waals surface area contributed by atoms with E-state index in [1.54, 1.807) is 12.1 Å². The largest absolute Gasteiger partial charge is 0.472 e. The molecule has 0 aliphatic carbocycles. The Bertz CT molecular complexity index is 796. The first-order valence-electron chi connectivity index (χ1n) is 7.18. The lowest BCUT2D eigenvalue weighted by Crippen LogP contribution is -2.31. The van der Waals surface area contributed by atoms with E-state index in [0.717, 1.165) is 11.8 Å². The summed E-state index contributed by atoms with van der Waals surface area (Å²) >= 11 is 0. The maximum atomic E-state index is 13.8. The highest BCUT2D eigenvalue weighted by atomic mass is 32.2. The van der Waals surface area contributed by atoms with E-state index in [4.69, 9.17) is 4.74 Å². The molecule has 1 aromatic heterocycles. The molecule has 0 saturated carbocycles. The molecule has 122 valence electrons. The molecule has 1 saturated heterocycles. The number of aryl methyl sites for hydroxylation is 1. The lowest BCUT2D eigenvalue weighted by atomic mass is 10.3. The SMILES string of the molecule is Cc1ccc(OC2CCN(S(=O)(=O)c3ccccc3F)C2)nn1. The van der Waals surface area contributed by atoms with Crippen molar-refractivity contribution in [2.75, 3.05) is 13.1 Å². The van der Waals surface area contributed by atoms with Gasteiger partial charge in [0.05, 0.1) is 12.2 Å². The van der Waals surface area contributed by atoms with Gasteiger partial charge in [-0.3, -0.25) is 0 Å². The van der Waals surface area contributed by atoms with Crippen molar-refractivity contribution in [2.45, 2.75) is 24.3 Å². The summed E-state index contributed by atoms with van der Waals surface area (Å²) in [5.41, 5.74) is 0.771. The molecule has 0 bridgehead atoms. The fourth-order valence-corrected chi connectivity index (χ4v) is 3.98. The fraction of sp³-hybridized carbons (Fsp3) is 0.333. The van der Waals surface area contributed by atoms with Crippen molar-refractivity contribution in [3.8, 4) is 5.88 Å². The molecular weight excluding hydrogens is 321 g/mol. The average molecular weight is 337 g/mol. The number of aromatic nitrogens is 2. The molecule has 23 heavy (non-hydrogen) atoms. The first-order valence-corrected chi connectivity index (χ1v) is 8.62. The highest BCUT2D eigenvalue weighted by molar-refractivity contribution is 7.89. The van der Waals surface area contributed by atoms with Crippen molar-refractivity contribution in [1.29, 1.82) is 0 Å². The van der Waals surface area contributed by atoms with Crippen molar-refractivity contribution in [1.82, 2.24) is 14.5 Å². The lowest BCUT2D eigenvalue weighted by molar-refractivity contribution is 0.204. The summed E-state index contributed by atoms with van der Waals surface area (Å²) in [5.74, 6) is -0.396. The average Bonchev–Trinajstić information content (AvgIpc) is 2.99. The Balaban J connectivity index is 1.72. The summed E-state index contributed by atoms with van der Waals surface area (Å²) in [6.07, 6.45) is 0.192. The summed E-state index contributed by atoms with van der Waals surface area (Å²) in [6.45, 7) is 2.25. The normalized spacial score (nSPS) is 19.0. The second kappa shape index (κ2) is 6.21. The van der Waals surface area contributed by atoms with E-state index in [9.17, 15) is 12.8 Å². The molecule has 3 rings (SSSR count). The van der Waals surface area contributed by atoms with E-state index in [2.05, 4.69) is 10.2 Å². The van der Waals surface area contributed by atoms with Crippen molar-refractivity contribution in [3.05, 3.63) is 47.9 Å². The van der Waals surface area contributed by atoms with Crippen LogP contribution < -0.4 is 4.74 Å². The number of nitrogens with zero attached hydrogens (tertiary/aromatic N) is 3. The van der Waals surface area contributed by atoms with Gasteiger partial charge in [0.15, 0.2) is 0 Å². The number of benzene rings is 1. The van der Waals surface area contributed by atoms with E-state index >= 15 is 0 Å². The van der Waals surface area contributed by atoms with E-state index in [0.29, 0.717) is 12.3 Å². The smallest absolute Gasteiger partial charge is 0.246 e. The van der Waals surface area contributed by atoms with E-state index in [1.165, 1.54) is 22.5 Å². The minimum absolute atomic E-state index is 0.159. The van der Waals surface area contributed by atoms with Gasteiger partial charge in [0.1, 0.15) is 16.8 Å². The van der Waals surface area contributed by atoms with Crippen molar-refractivity contribution < 1.29 is 17.5 Å². The molecule has 2 heterocycles. The Morgan fingerprint density at radius 3 is 2.70 bits per heavy atom. The Morgan fingerprint density at radius 1 is 1.22 bits per heavy atom. The molecular formula is C15H16FN3O3S. The van der Waals surface area contributed by atoms with Crippen LogP contribution in [0, 0.1) is 12.7 Å². The second-order valence-electron chi connectivity index (χ2n) is 5.33. The van der Waals surface area contributed by atoms with Crippen LogP contribution in [0.2, 0.25) is 0 Å². The van der Waals surface area contributed by atoms with Crippen LogP contribution in [0.5, 0.6) is 5.88 Å². The summed E-state index contributed by atoms with van der Waals surface area (Å²) < 4.78 is 45.6. The second-order valence-corrected chi connectivity index (χ2v) is 7.24. The van der Waals surface area contributed by atoms with Crippen molar-refractivity contribution >= 4 is 10.0 Å². The molecule has 1 fully saturated rings. The first kappa shape index (κ1) is 15.8. The van der Waals surface area contributed by atoms with E-state index < -0.39 is 15.8 Å². The number of rotatable bonds is 4. The third-order valence-corrected chi connectivity index (χ3v) is 5.52. The maximum Gasteiger partial charge on any atom is 0.246 e. The molecule has 0 radical (unpaired) electrons. The highest BCUT2D eigenvalue weighted by Gasteiger charge is 2.35. The molecule has 2 aromatic rings. The predicted octanol–water partition coefficient (Wildman–Crippen LogP) is 1.77. The summed E-state index contributed by atoms with van der Waals surface area (Å²) in [5, 5.41) is 7.79. The summed E-state index contributed by atoms with van der Waals surface area (Å²) in [4.78, 5) is -0.309. The van der Waals surface area contributed by atoms with Crippen molar-refractivity contribution in [3.63, 3.8) is 0 Å². The van der Waals surface area contributed by atoms with Gasteiger partial charge >= 0.3 is 0 Å². The fourth-order valence-electron chi connectivity index (χ4n) is 2.43. The van der Waals surface area contributed by atoms with Gasteiger partial charge in [0.2, 0.25) is 15.9 Å². The summed E-state index contributed by atoms with van der Waals surface area (Å²) in [6, 6.07) is 8.83. The van der Waals surface area contributed by atoms with Crippen LogP contribution in [0.25, 0.3) is 0 Å². The Kier molecular flexibility index (Phi) is 4.27. The standard InChI is InChI=1S/C15H16FN3O3S/c1-11-6-7-15(18-17-11)22-12-8-9-19(10-12)23(20,21)14-5-3-2-4-13(14)16/h2-7,12H,8-10H2,1H3. The number of halogens is 1. The topological polar surface area (TPSA) is 72.4 Å². The maximum absolute atomic E-state index is 13.8. The quantitative estimate of drug-likeness (QED) is 0.850. The van der Waals surface area contributed by atoms with Gasteiger partial charge in [-0.25, -0.2) is 12.8 Å². The van der Waals surface area contributed by atoms with E-state index in [1.807, 2.05) is 6.92 Å². The summed E-state index contributed by atoms with van der Waals surface area (Å²) in [7, 11) is -3.86. The van der Waals surface area contributed by atoms with Crippen LogP contribution >= 0.6 is 0 Å². The van der Waals surface area contributed by atoms with Crippen LogP contribution in [0.1, 0.15) is 12.1 Å². The molecule has 1 aliphatic rings. The van der Waals surface area contributed by atoms with Gasteiger partial charge in [0, 0.05) is 12.6 Å². The van der Waals surface area contributed by atoms with Crippen molar-refractivity contribution in [2.24, 2.45) is 0 Å². The number of ether oxygens (including phenoxy) is 1. The number of hydrogen-bond donors (Lipinski definition) is 0. The monoisotopic (exact) mass is 337 g/mol. The third kappa shape index (κ3) is 3.32. The Morgan fingerprint density at radius 2 is 2.00 bits per heavy atom. The molecule has 1 aromatic carbocycles. The molecule has 8 heteroatoms. The molecule has 1 aliphatic heterocycles. The van der Waals surface area contributed by atoms with Gasteiger partial charge in [0.25, 0.3) is 0 Å². The van der Waals surface area contributed by atoms with Gasteiger partial charge in [-0.05, 0) is 31.5 Å². The molecule has 0 spiro atoms. The minimum Gasteiger partial charge on any atom is -0.472 e. The molecule has 0 amide bonds. The Labute approximate surface area is 134 Å². The first-order chi connectivity index (χ1) is 11.0. The molecule has 1 atom stereocenters. The minimum atomic E-state index is -3.86. The van der Waals surface area contributed by atoms with Crippen LogP contribution in [-0.4, -0.2) is 42.1 Å². The third-order valence-electron chi connectivity index (χ3n) is 3.62. The van der Waals surface area contributed by atoms with Gasteiger partial charge in [-0.1, -0.05) is 12.1 Å². The van der Waals surface area contributed by atoms with Crippen LogP contribution in [0.4, 0.5) is 4.39 Å². The highest BCUT2D eigenvalue weighted by Crippen LogP contribution is 2.24. The number of hydrogen-bond acceptors (Lipinski definition) is 5. The van der Waals surface area contributed by atoms with E-state index in [-0.39, 0.29) is 24.1 Å². The zero-order chi connectivity index (χ0) is 16.4. The zero-order valence-corrected chi connectivity index (χ0v) is 13.3. The Hall–Kier alpha value is -2.06. The van der Waals surface area contributed by atoms with Gasteiger partial charge in [-0.2, -0.15) is 9.40 Å². The van der Waals surface area contributed by atoms with Crippen LogP contribution in [-0.2, 0) is 10.0 Å². The van der Waals surface area contributed by atoms with Crippen LogP contribution in [0.15, 0.2) is 41.3 Å².